The fraction of sp³-hybridized carbons (Fsp3) is 0.304. The molecular weight excluding hydrogens is 440 g/mol. The highest BCUT2D eigenvalue weighted by molar-refractivity contribution is 7.59. The minimum Gasteiger partial charge on any atom is -0.444 e. The first-order valence-electron chi connectivity index (χ1n) is 10.5. The van der Waals surface area contributed by atoms with Crippen molar-refractivity contribution in [2.45, 2.75) is 26.4 Å². The van der Waals surface area contributed by atoms with Gasteiger partial charge in [0.15, 0.2) is 5.69 Å². The zero-order valence-electron chi connectivity index (χ0n) is 18.7. The van der Waals surface area contributed by atoms with Gasteiger partial charge in [-0.25, -0.2) is 4.98 Å². The Bertz CT molecular complexity index is 1310. The van der Waals surface area contributed by atoms with E-state index in [1.54, 1.807) is 10.9 Å². The lowest BCUT2D eigenvalue weighted by Crippen LogP contribution is -2.23. The smallest absolute Gasteiger partial charge is 0.277 e. The highest BCUT2D eigenvalue weighted by Gasteiger charge is 2.25. The summed E-state index contributed by atoms with van der Waals surface area (Å²) in [5.41, 5.74) is 5.05. The zero-order chi connectivity index (χ0) is 22.4. The Morgan fingerprint density at radius 1 is 1.18 bits per heavy atom. The molecule has 1 aromatic carbocycles. The van der Waals surface area contributed by atoms with E-state index in [2.05, 4.69) is 25.3 Å². The molecule has 2 N–H and O–H groups in total. The predicted octanol–water partition coefficient (Wildman–Crippen LogP) is 3.18. The molecule has 0 aliphatic carbocycles. The fourth-order valence-corrected chi connectivity index (χ4v) is 4.16. The zero-order valence-corrected chi connectivity index (χ0v) is 19.7. The number of hydrogen-bond acceptors (Lipinski definition) is 7. The van der Waals surface area contributed by atoms with Crippen LogP contribution in [0, 0.1) is 13.8 Å². The highest BCUT2D eigenvalue weighted by atomic mass is 32.1. The third-order valence-electron chi connectivity index (χ3n) is 5.68. The summed E-state index contributed by atoms with van der Waals surface area (Å²) in [6.07, 6.45) is 3.46. The number of hydrogen-bond donors (Lipinski definition) is 2. The van der Waals surface area contributed by atoms with Gasteiger partial charge in [-0.05, 0) is 44.5 Å². The van der Waals surface area contributed by atoms with Gasteiger partial charge in [0.2, 0.25) is 5.89 Å². The van der Waals surface area contributed by atoms with Crippen LogP contribution in [0.3, 0.4) is 0 Å². The Morgan fingerprint density at radius 2 is 1.94 bits per heavy atom. The summed E-state index contributed by atoms with van der Waals surface area (Å²) in [6.45, 7) is 5.03. The second-order valence-electron chi connectivity index (χ2n) is 8.22. The van der Waals surface area contributed by atoms with Crippen LogP contribution < -0.4 is 10.2 Å². The number of anilines is 2. The summed E-state index contributed by atoms with van der Waals surface area (Å²) in [6, 6.07) is 7.63. The number of rotatable bonds is 4. The maximum atomic E-state index is 13.0. The number of amides is 1. The summed E-state index contributed by atoms with van der Waals surface area (Å²) >= 11 is 0. The number of aromatic nitrogens is 4. The molecule has 3 aromatic heterocycles. The van der Waals surface area contributed by atoms with Gasteiger partial charge in [0.05, 0.1) is 29.2 Å². The average molecular weight is 467 g/mol. The summed E-state index contributed by atoms with van der Waals surface area (Å²) in [4.78, 5) is 23.9. The number of nitrogens with zero attached hydrogens (tertiary/aromatic N) is 5. The van der Waals surface area contributed by atoms with E-state index in [-0.39, 0.29) is 31.2 Å². The van der Waals surface area contributed by atoms with Crippen molar-refractivity contribution in [2.24, 2.45) is 7.05 Å². The van der Waals surface area contributed by atoms with E-state index in [0.717, 1.165) is 33.5 Å². The number of β-amino-alcohol motifs (C(OH)–C–C–N with tert-alkyl or cyclic N) is 1. The first kappa shape index (κ1) is 22.8. The average Bonchev–Trinajstić information content (AvgIpc) is 3.48. The SMILES string of the molecule is Cc1cc(-c2nc(C(=O)Nc3cc4c(cnn4C)cc3N3CC[C@H](O)C3)co2)cc(C)n1.S. The Hall–Kier alpha value is -3.37. The van der Waals surface area contributed by atoms with E-state index in [0.29, 0.717) is 31.1 Å². The summed E-state index contributed by atoms with van der Waals surface area (Å²) in [5.74, 6) is -0.00117. The van der Waals surface area contributed by atoms with E-state index in [1.165, 1.54) is 6.26 Å². The molecule has 1 fully saturated rings. The molecule has 5 rings (SSSR count). The monoisotopic (exact) mass is 466 g/mol. The second-order valence-corrected chi connectivity index (χ2v) is 8.22. The standard InChI is InChI=1S/C23H24N6O3.H2S/c1-13-6-15(7-14(2)25-13)23-27-19(12-32-23)22(31)26-18-9-20-16(10-24-28(20)3)8-21(18)29-5-4-17(30)11-29;/h6-10,12,17,30H,4-5,11H2,1-3H3,(H,26,31);1H2/t17-;/m0./s1. The molecule has 1 aliphatic heterocycles. The van der Waals surface area contributed by atoms with Gasteiger partial charge in [-0.3, -0.25) is 14.5 Å². The molecule has 4 aromatic rings. The molecule has 0 spiro atoms. The van der Waals surface area contributed by atoms with Crippen molar-refractivity contribution in [3.63, 3.8) is 0 Å². The Balaban J connectivity index is 0.00000259. The molecule has 0 bridgehead atoms. The van der Waals surface area contributed by atoms with Gasteiger partial charge < -0.3 is 19.7 Å². The first-order chi connectivity index (χ1) is 15.4. The molecule has 1 amide bonds. The van der Waals surface area contributed by atoms with E-state index >= 15 is 0 Å². The minimum atomic E-state index is -0.381. The normalized spacial score (nSPS) is 15.6. The minimum absolute atomic E-state index is 0. The van der Waals surface area contributed by atoms with Crippen molar-refractivity contribution < 1.29 is 14.3 Å². The van der Waals surface area contributed by atoms with E-state index < -0.39 is 0 Å². The molecule has 1 saturated heterocycles. The molecule has 9 nitrogen and oxygen atoms in total. The van der Waals surface area contributed by atoms with Crippen LogP contribution in [-0.4, -0.2) is 50.0 Å². The Kier molecular flexibility index (Phi) is 6.13. The van der Waals surface area contributed by atoms with Crippen LogP contribution in [0.1, 0.15) is 28.3 Å². The summed E-state index contributed by atoms with van der Waals surface area (Å²) in [5, 5.41) is 18.3. The number of aliphatic hydroxyl groups is 1. The highest BCUT2D eigenvalue weighted by Crippen LogP contribution is 2.34. The van der Waals surface area contributed by atoms with Gasteiger partial charge in [0, 0.05) is 42.5 Å². The van der Waals surface area contributed by atoms with Crippen LogP contribution >= 0.6 is 13.5 Å². The number of fused-ring (bicyclic) bond motifs is 1. The number of aryl methyl sites for hydroxylation is 3. The van der Waals surface area contributed by atoms with Crippen molar-refractivity contribution >= 4 is 41.7 Å². The van der Waals surface area contributed by atoms with Crippen molar-refractivity contribution in [3.8, 4) is 11.5 Å². The number of oxazole rings is 1. The summed E-state index contributed by atoms with van der Waals surface area (Å²) < 4.78 is 7.34. The summed E-state index contributed by atoms with van der Waals surface area (Å²) in [7, 11) is 1.86. The van der Waals surface area contributed by atoms with Crippen molar-refractivity contribution in [1.82, 2.24) is 19.7 Å². The van der Waals surface area contributed by atoms with Crippen molar-refractivity contribution in [1.29, 1.82) is 0 Å². The third-order valence-corrected chi connectivity index (χ3v) is 5.68. The van der Waals surface area contributed by atoms with E-state index in [4.69, 9.17) is 4.42 Å². The number of nitrogens with one attached hydrogen (secondary N) is 1. The maximum absolute atomic E-state index is 13.0. The van der Waals surface area contributed by atoms with Gasteiger partial charge in [-0.1, -0.05) is 0 Å². The van der Waals surface area contributed by atoms with E-state index in [9.17, 15) is 9.90 Å². The topological polar surface area (TPSA) is 109 Å². The molecule has 0 radical (unpaired) electrons. The van der Waals surface area contributed by atoms with Gasteiger partial charge in [-0.15, -0.1) is 0 Å². The lowest BCUT2D eigenvalue weighted by molar-refractivity contribution is 0.102. The van der Waals surface area contributed by atoms with E-state index in [1.807, 2.05) is 45.2 Å². The molecule has 1 atom stereocenters. The Morgan fingerprint density at radius 3 is 2.64 bits per heavy atom. The number of pyridine rings is 1. The van der Waals surface area contributed by atoms with Gasteiger partial charge in [-0.2, -0.15) is 18.6 Å². The fourth-order valence-electron chi connectivity index (χ4n) is 4.16. The quantitative estimate of drug-likeness (QED) is 0.475. The van der Waals surface area contributed by atoms with Crippen molar-refractivity contribution in [2.75, 3.05) is 23.3 Å². The number of carbonyl (C=O) groups is 1. The molecular formula is C23H26N6O3S. The molecule has 0 unspecified atom stereocenters. The van der Waals surface area contributed by atoms with Crippen LogP contribution in [0.4, 0.5) is 11.4 Å². The molecule has 33 heavy (non-hydrogen) atoms. The molecule has 10 heteroatoms. The predicted molar refractivity (Wildman–Crippen MR) is 131 cm³/mol. The first-order valence-corrected chi connectivity index (χ1v) is 10.5. The molecule has 1 aliphatic rings. The lowest BCUT2D eigenvalue weighted by atomic mass is 10.1. The maximum Gasteiger partial charge on any atom is 0.277 e. The third kappa shape index (κ3) is 4.44. The largest absolute Gasteiger partial charge is 0.444 e. The second kappa shape index (κ2) is 8.87. The van der Waals surface area contributed by atoms with Gasteiger partial charge in [0.25, 0.3) is 5.91 Å². The van der Waals surface area contributed by atoms with Crippen LogP contribution in [-0.2, 0) is 7.05 Å². The molecule has 4 heterocycles. The number of aliphatic hydroxyl groups excluding tert-OH is 1. The molecule has 0 saturated carbocycles. The van der Waals surface area contributed by atoms with Gasteiger partial charge in [0.1, 0.15) is 6.26 Å². The molecule has 172 valence electrons. The van der Waals surface area contributed by atoms with Crippen molar-refractivity contribution in [3.05, 3.63) is 53.8 Å². The van der Waals surface area contributed by atoms with Crippen LogP contribution in [0.2, 0.25) is 0 Å². The number of benzene rings is 1. The van der Waals surface area contributed by atoms with Crippen LogP contribution in [0.15, 0.2) is 41.1 Å². The Labute approximate surface area is 197 Å². The number of carbonyl (C=O) groups excluding carboxylic acids is 1. The van der Waals surface area contributed by atoms with Crippen LogP contribution in [0.25, 0.3) is 22.4 Å². The van der Waals surface area contributed by atoms with Gasteiger partial charge >= 0.3 is 0 Å². The lowest BCUT2D eigenvalue weighted by Gasteiger charge is -2.22. The van der Waals surface area contributed by atoms with Crippen LogP contribution in [0.5, 0.6) is 0 Å².